The molecule has 1 amide bonds. The number of carbonyl (C=O) groups is 1. The fourth-order valence-corrected chi connectivity index (χ4v) is 3.23. The predicted octanol–water partition coefficient (Wildman–Crippen LogP) is 4.10. The van der Waals surface area contributed by atoms with Gasteiger partial charge in [-0.2, -0.15) is 0 Å². The van der Waals surface area contributed by atoms with Crippen LogP contribution in [0.15, 0.2) is 24.3 Å². The Morgan fingerprint density at radius 1 is 1.30 bits per heavy atom. The van der Waals surface area contributed by atoms with Gasteiger partial charge in [-0.15, -0.1) is 11.3 Å². The fourth-order valence-electron chi connectivity index (χ4n) is 2.03. The quantitative estimate of drug-likeness (QED) is 0.897. The smallest absolute Gasteiger partial charge is 0.254 e. The van der Waals surface area contributed by atoms with E-state index in [1.54, 1.807) is 0 Å². The van der Waals surface area contributed by atoms with Gasteiger partial charge >= 0.3 is 0 Å². The summed E-state index contributed by atoms with van der Waals surface area (Å²) in [5.41, 5.74) is 8.53. The minimum Gasteiger partial charge on any atom is -0.390 e. The summed E-state index contributed by atoms with van der Waals surface area (Å²) in [6.45, 7) is 5.78. The molecule has 20 heavy (non-hydrogen) atoms. The number of benzene rings is 1. The molecule has 0 atom stereocenters. The van der Waals surface area contributed by atoms with E-state index in [9.17, 15) is 4.79 Å². The van der Waals surface area contributed by atoms with Gasteiger partial charge in [-0.1, -0.05) is 23.7 Å². The van der Waals surface area contributed by atoms with Gasteiger partial charge in [0.1, 0.15) is 0 Å². The van der Waals surface area contributed by atoms with Crippen LogP contribution in [0.2, 0.25) is 5.02 Å². The Morgan fingerprint density at radius 2 is 1.90 bits per heavy atom. The molecule has 2 aromatic rings. The van der Waals surface area contributed by atoms with E-state index in [0.717, 1.165) is 16.0 Å². The summed E-state index contributed by atoms with van der Waals surface area (Å²) in [4.78, 5) is 13.2. The van der Waals surface area contributed by atoms with Crippen LogP contribution < -0.4 is 11.1 Å². The van der Waals surface area contributed by atoms with Crippen LogP contribution in [-0.4, -0.2) is 11.9 Å². The van der Waals surface area contributed by atoms with Gasteiger partial charge in [-0.05, 0) is 44.0 Å². The molecular formula is C15H17ClN2OS. The number of amides is 1. The molecule has 106 valence electrons. The van der Waals surface area contributed by atoms with Gasteiger partial charge in [0.25, 0.3) is 5.91 Å². The lowest BCUT2D eigenvalue weighted by Crippen LogP contribution is -2.30. The van der Waals surface area contributed by atoms with Gasteiger partial charge in [0.15, 0.2) is 0 Å². The van der Waals surface area contributed by atoms with E-state index in [2.05, 4.69) is 5.32 Å². The van der Waals surface area contributed by atoms with Gasteiger partial charge in [-0.3, -0.25) is 4.79 Å². The van der Waals surface area contributed by atoms with Crippen molar-refractivity contribution in [3.8, 4) is 10.4 Å². The van der Waals surface area contributed by atoms with Gasteiger partial charge in [-0.25, -0.2) is 0 Å². The number of carbonyl (C=O) groups excluding carboxylic acids is 1. The molecule has 5 heteroatoms. The van der Waals surface area contributed by atoms with Crippen LogP contribution in [0.25, 0.3) is 10.4 Å². The van der Waals surface area contributed by atoms with Crippen molar-refractivity contribution in [2.24, 2.45) is 0 Å². The monoisotopic (exact) mass is 308 g/mol. The van der Waals surface area contributed by atoms with Crippen LogP contribution in [0.5, 0.6) is 0 Å². The highest BCUT2D eigenvalue weighted by molar-refractivity contribution is 7.19. The number of rotatable bonds is 3. The number of nitrogens with one attached hydrogen (secondary N) is 1. The molecule has 0 bridgehead atoms. The lowest BCUT2D eigenvalue weighted by Gasteiger charge is -2.09. The molecule has 1 heterocycles. The van der Waals surface area contributed by atoms with Crippen LogP contribution in [0.1, 0.15) is 29.8 Å². The van der Waals surface area contributed by atoms with Crippen LogP contribution in [0.3, 0.4) is 0 Å². The first kappa shape index (κ1) is 14.9. The normalized spacial score (nSPS) is 10.8. The molecule has 0 aliphatic heterocycles. The molecule has 1 aromatic heterocycles. The van der Waals surface area contributed by atoms with E-state index in [-0.39, 0.29) is 11.9 Å². The van der Waals surface area contributed by atoms with Gasteiger partial charge in [0.2, 0.25) is 0 Å². The number of thiophene rings is 1. The van der Waals surface area contributed by atoms with E-state index in [1.807, 2.05) is 45.0 Å². The van der Waals surface area contributed by atoms with Gasteiger partial charge in [0.05, 0.1) is 10.6 Å². The lowest BCUT2D eigenvalue weighted by molar-refractivity contribution is 0.0944. The van der Waals surface area contributed by atoms with Gasteiger partial charge < -0.3 is 11.1 Å². The largest absolute Gasteiger partial charge is 0.390 e. The molecule has 0 saturated heterocycles. The third-order valence-electron chi connectivity index (χ3n) is 2.93. The van der Waals surface area contributed by atoms with Crippen molar-refractivity contribution in [3.63, 3.8) is 0 Å². The Labute approximate surface area is 127 Å². The summed E-state index contributed by atoms with van der Waals surface area (Å²) >= 11 is 7.33. The molecule has 0 aliphatic rings. The third kappa shape index (κ3) is 2.97. The Morgan fingerprint density at radius 3 is 2.45 bits per heavy atom. The second-order valence-corrected chi connectivity index (χ2v) is 6.42. The molecule has 0 saturated carbocycles. The lowest BCUT2D eigenvalue weighted by atomic mass is 10.1. The zero-order valence-corrected chi connectivity index (χ0v) is 13.2. The van der Waals surface area contributed by atoms with Gasteiger partial charge in [0, 0.05) is 15.9 Å². The van der Waals surface area contributed by atoms with Crippen LogP contribution in [-0.2, 0) is 0 Å². The summed E-state index contributed by atoms with van der Waals surface area (Å²) in [5, 5.41) is 4.12. The Hall–Kier alpha value is -1.52. The maximum absolute atomic E-state index is 12.2. The molecule has 0 unspecified atom stereocenters. The van der Waals surface area contributed by atoms with E-state index >= 15 is 0 Å². The molecule has 3 N–H and O–H groups in total. The molecular weight excluding hydrogens is 292 g/mol. The number of hydrogen-bond donors (Lipinski definition) is 2. The molecule has 0 aliphatic carbocycles. The first-order valence-electron chi connectivity index (χ1n) is 6.35. The zero-order valence-electron chi connectivity index (χ0n) is 11.7. The maximum Gasteiger partial charge on any atom is 0.254 e. The van der Waals surface area contributed by atoms with Crippen molar-refractivity contribution in [1.82, 2.24) is 5.32 Å². The highest BCUT2D eigenvalue weighted by Crippen LogP contribution is 2.38. The summed E-state index contributed by atoms with van der Waals surface area (Å²) < 4.78 is 0. The zero-order chi connectivity index (χ0) is 14.9. The van der Waals surface area contributed by atoms with Crippen LogP contribution in [0, 0.1) is 6.92 Å². The predicted molar refractivity (Wildman–Crippen MR) is 86.5 cm³/mol. The second-order valence-electron chi connectivity index (χ2n) is 4.93. The average Bonchev–Trinajstić information content (AvgIpc) is 2.65. The second kappa shape index (κ2) is 5.85. The Balaban J connectivity index is 2.43. The highest BCUT2D eigenvalue weighted by atomic mass is 35.5. The fraction of sp³-hybridized carbons (Fsp3) is 0.267. The first-order valence-corrected chi connectivity index (χ1v) is 7.55. The summed E-state index contributed by atoms with van der Waals surface area (Å²) in [7, 11) is 0. The number of anilines is 1. The summed E-state index contributed by atoms with van der Waals surface area (Å²) in [6.07, 6.45) is 0. The summed E-state index contributed by atoms with van der Waals surface area (Å²) in [6, 6.07) is 7.62. The highest BCUT2D eigenvalue weighted by Gasteiger charge is 2.20. The molecule has 3 nitrogen and oxygen atoms in total. The van der Waals surface area contributed by atoms with E-state index < -0.39 is 0 Å². The van der Waals surface area contributed by atoms with E-state index in [1.165, 1.54) is 11.3 Å². The number of nitrogens with two attached hydrogens (primary N) is 1. The van der Waals surface area contributed by atoms with Crippen molar-refractivity contribution in [2.45, 2.75) is 26.8 Å². The number of halogens is 1. The van der Waals surface area contributed by atoms with Crippen molar-refractivity contribution in [3.05, 3.63) is 40.4 Å². The Bertz CT molecular complexity index is 632. The molecule has 2 rings (SSSR count). The van der Waals surface area contributed by atoms with Crippen molar-refractivity contribution in [2.75, 3.05) is 5.73 Å². The number of hydrogen-bond acceptors (Lipinski definition) is 3. The number of nitrogen functional groups attached to an aromatic ring is 1. The van der Waals surface area contributed by atoms with Crippen LogP contribution in [0.4, 0.5) is 5.00 Å². The van der Waals surface area contributed by atoms with E-state index in [4.69, 9.17) is 17.3 Å². The minimum absolute atomic E-state index is 0.0835. The molecule has 0 spiro atoms. The summed E-state index contributed by atoms with van der Waals surface area (Å²) in [5.74, 6) is -0.119. The third-order valence-corrected chi connectivity index (χ3v) is 4.35. The van der Waals surface area contributed by atoms with Crippen molar-refractivity contribution in [1.29, 1.82) is 0 Å². The standard InChI is InChI=1S/C15H17ClN2OS/c1-8(2)18-15(19)12-9(3)13(20-14(12)17)10-4-6-11(16)7-5-10/h4-8H,17H2,1-3H3,(H,18,19). The first-order chi connectivity index (χ1) is 9.40. The SMILES string of the molecule is Cc1c(-c2ccc(Cl)cc2)sc(N)c1C(=O)NC(C)C. The average molecular weight is 309 g/mol. The maximum atomic E-state index is 12.2. The van der Waals surface area contributed by atoms with Crippen molar-refractivity contribution < 1.29 is 4.79 Å². The topological polar surface area (TPSA) is 55.1 Å². The van der Waals surface area contributed by atoms with Crippen LogP contribution >= 0.6 is 22.9 Å². The van der Waals surface area contributed by atoms with E-state index in [0.29, 0.717) is 15.6 Å². The molecule has 0 radical (unpaired) electrons. The minimum atomic E-state index is -0.119. The molecule has 1 aromatic carbocycles. The van der Waals surface area contributed by atoms with Crippen molar-refractivity contribution >= 4 is 33.8 Å². The molecule has 0 fully saturated rings. The Kier molecular flexibility index (Phi) is 4.35.